The third kappa shape index (κ3) is 5.10. The van der Waals surface area contributed by atoms with Crippen molar-refractivity contribution in [1.29, 1.82) is 0 Å². The first-order valence-electron chi connectivity index (χ1n) is 5.55. The molecule has 94 valence electrons. The van der Waals surface area contributed by atoms with Gasteiger partial charge in [-0.05, 0) is 26.5 Å². The molecule has 1 aromatic heterocycles. The quantitative estimate of drug-likeness (QED) is 0.788. The monoisotopic (exact) mass is 256 g/mol. The fourth-order valence-corrected chi connectivity index (χ4v) is 1.70. The van der Waals surface area contributed by atoms with Gasteiger partial charge in [0.15, 0.2) is 0 Å². The van der Waals surface area contributed by atoms with Gasteiger partial charge in [0.1, 0.15) is 5.15 Å². The van der Waals surface area contributed by atoms with Crippen molar-refractivity contribution < 1.29 is 4.79 Å². The highest BCUT2D eigenvalue weighted by Crippen LogP contribution is 2.09. The highest BCUT2D eigenvalue weighted by Gasteiger charge is 2.10. The molecule has 0 aliphatic heterocycles. The number of hydrogen-bond donors (Lipinski definition) is 2. The number of rotatable bonds is 5. The van der Waals surface area contributed by atoms with Crippen molar-refractivity contribution in [3.8, 4) is 0 Å². The van der Waals surface area contributed by atoms with Crippen molar-refractivity contribution in [3.63, 3.8) is 0 Å². The summed E-state index contributed by atoms with van der Waals surface area (Å²) >= 11 is 5.77. The molecule has 6 heteroatoms. The van der Waals surface area contributed by atoms with Crippen molar-refractivity contribution in [1.82, 2.24) is 15.3 Å². The average Bonchev–Trinajstić information content (AvgIpc) is 2.14. The number of nitrogens with zero attached hydrogens (tertiary/aromatic N) is 2. The molecule has 0 fully saturated rings. The van der Waals surface area contributed by atoms with Crippen LogP contribution in [-0.4, -0.2) is 28.5 Å². The summed E-state index contributed by atoms with van der Waals surface area (Å²) in [6, 6.07) is 1.76. The predicted octanol–water partition coefficient (Wildman–Crippen LogP) is 1.77. The molecule has 0 spiro atoms. The lowest BCUT2D eigenvalue weighted by Gasteiger charge is -2.11. The Morgan fingerprint density at radius 1 is 1.53 bits per heavy atom. The van der Waals surface area contributed by atoms with Crippen LogP contribution in [0.15, 0.2) is 6.07 Å². The summed E-state index contributed by atoms with van der Waals surface area (Å²) in [6.45, 7) is 6.58. The van der Waals surface area contributed by atoms with Crippen LogP contribution in [0.5, 0.6) is 0 Å². The zero-order valence-electron chi connectivity index (χ0n) is 10.2. The maximum Gasteiger partial charge on any atom is 0.231 e. The van der Waals surface area contributed by atoms with Gasteiger partial charge in [-0.1, -0.05) is 18.5 Å². The SMILES string of the molecule is CCNC(C)CC(=O)Nc1nc(C)cc(Cl)n1. The normalized spacial score (nSPS) is 12.2. The molecule has 1 atom stereocenters. The Kier molecular flexibility index (Phi) is 5.31. The van der Waals surface area contributed by atoms with Crippen molar-refractivity contribution in [2.45, 2.75) is 33.2 Å². The van der Waals surface area contributed by atoms with Gasteiger partial charge in [0.05, 0.1) is 0 Å². The van der Waals surface area contributed by atoms with Crippen LogP contribution >= 0.6 is 11.6 Å². The first-order valence-corrected chi connectivity index (χ1v) is 5.93. The van der Waals surface area contributed by atoms with Crippen LogP contribution < -0.4 is 10.6 Å². The molecule has 1 rings (SSSR count). The summed E-state index contributed by atoms with van der Waals surface area (Å²) in [5.41, 5.74) is 0.722. The third-order valence-electron chi connectivity index (χ3n) is 2.12. The van der Waals surface area contributed by atoms with Crippen molar-refractivity contribution in [2.75, 3.05) is 11.9 Å². The molecule has 5 nitrogen and oxygen atoms in total. The molecule has 1 aromatic rings. The second-order valence-electron chi connectivity index (χ2n) is 3.87. The molecule has 17 heavy (non-hydrogen) atoms. The van der Waals surface area contributed by atoms with Crippen molar-refractivity contribution >= 4 is 23.5 Å². The van der Waals surface area contributed by atoms with E-state index < -0.39 is 0 Å². The van der Waals surface area contributed by atoms with E-state index in [2.05, 4.69) is 20.6 Å². The van der Waals surface area contributed by atoms with Gasteiger partial charge in [-0.15, -0.1) is 0 Å². The summed E-state index contributed by atoms with van der Waals surface area (Å²) in [5, 5.41) is 6.11. The second kappa shape index (κ2) is 6.51. The topological polar surface area (TPSA) is 66.9 Å². The number of aryl methyl sites for hydroxylation is 1. The number of carbonyl (C=O) groups excluding carboxylic acids is 1. The Morgan fingerprint density at radius 2 is 2.24 bits per heavy atom. The molecule has 1 unspecified atom stereocenters. The molecule has 0 radical (unpaired) electrons. The zero-order chi connectivity index (χ0) is 12.8. The molecule has 0 aliphatic carbocycles. The first-order chi connectivity index (χ1) is 8.01. The lowest BCUT2D eigenvalue weighted by molar-refractivity contribution is -0.116. The highest BCUT2D eigenvalue weighted by molar-refractivity contribution is 6.29. The van der Waals surface area contributed by atoms with Crippen LogP contribution in [0.2, 0.25) is 5.15 Å². The lowest BCUT2D eigenvalue weighted by atomic mass is 10.2. The van der Waals surface area contributed by atoms with E-state index in [1.807, 2.05) is 13.8 Å². The van der Waals surface area contributed by atoms with Crippen LogP contribution in [-0.2, 0) is 4.79 Å². The van der Waals surface area contributed by atoms with E-state index in [1.54, 1.807) is 13.0 Å². The molecule has 0 bridgehead atoms. The average molecular weight is 257 g/mol. The lowest BCUT2D eigenvalue weighted by Crippen LogP contribution is -2.30. The van der Waals surface area contributed by atoms with E-state index in [-0.39, 0.29) is 17.9 Å². The van der Waals surface area contributed by atoms with E-state index >= 15 is 0 Å². The summed E-state index contributed by atoms with van der Waals surface area (Å²) in [5.74, 6) is 0.129. The summed E-state index contributed by atoms with van der Waals surface area (Å²) < 4.78 is 0. The van der Waals surface area contributed by atoms with Crippen LogP contribution in [0.25, 0.3) is 0 Å². The number of halogens is 1. The van der Waals surface area contributed by atoms with Crippen molar-refractivity contribution in [2.24, 2.45) is 0 Å². The molecule has 2 N–H and O–H groups in total. The Hall–Kier alpha value is -1.20. The van der Waals surface area contributed by atoms with Crippen LogP contribution in [0, 0.1) is 6.92 Å². The number of carbonyl (C=O) groups is 1. The van der Waals surface area contributed by atoms with Crippen LogP contribution in [0.3, 0.4) is 0 Å². The van der Waals surface area contributed by atoms with Gasteiger partial charge >= 0.3 is 0 Å². The molecule has 0 aromatic carbocycles. The van der Waals surface area contributed by atoms with Gasteiger partial charge < -0.3 is 5.32 Å². The van der Waals surface area contributed by atoms with E-state index in [4.69, 9.17) is 11.6 Å². The zero-order valence-corrected chi connectivity index (χ0v) is 11.0. The molecular weight excluding hydrogens is 240 g/mol. The van der Waals surface area contributed by atoms with Gasteiger partial charge in [0, 0.05) is 18.2 Å². The Labute approximate surface area is 106 Å². The number of anilines is 1. The van der Waals surface area contributed by atoms with Gasteiger partial charge in [-0.2, -0.15) is 0 Å². The standard InChI is InChI=1S/C11H17ClN4O/c1-4-13-7(2)6-10(17)16-11-14-8(3)5-9(12)15-11/h5,7,13H,4,6H2,1-3H3,(H,14,15,16,17). The molecule has 0 saturated carbocycles. The van der Waals surface area contributed by atoms with Crippen LogP contribution in [0.4, 0.5) is 5.95 Å². The number of nitrogens with one attached hydrogen (secondary N) is 2. The molecule has 1 amide bonds. The minimum Gasteiger partial charge on any atom is -0.314 e. The molecule has 1 heterocycles. The van der Waals surface area contributed by atoms with E-state index in [9.17, 15) is 4.79 Å². The van der Waals surface area contributed by atoms with Crippen LogP contribution in [0.1, 0.15) is 26.0 Å². The molecule has 0 saturated heterocycles. The summed E-state index contributed by atoms with van der Waals surface area (Å²) in [4.78, 5) is 19.7. The second-order valence-corrected chi connectivity index (χ2v) is 4.25. The summed E-state index contributed by atoms with van der Waals surface area (Å²) in [7, 11) is 0. The van der Waals surface area contributed by atoms with E-state index in [0.717, 1.165) is 12.2 Å². The van der Waals surface area contributed by atoms with Gasteiger partial charge in [0.2, 0.25) is 11.9 Å². The summed E-state index contributed by atoms with van der Waals surface area (Å²) in [6.07, 6.45) is 0.378. The largest absolute Gasteiger partial charge is 0.314 e. The maximum atomic E-state index is 11.6. The van der Waals surface area contributed by atoms with Gasteiger partial charge in [0.25, 0.3) is 0 Å². The van der Waals surface area contributed by atoms with Gasteiger partial charge in [-0.25, -0.2) is 9.97 Å². The minimum atomic E-state index is -0.125. The highest BCUT2D eigenvalue weighted by atomic mass is 35.5. The molecular formula is C11H17ClN4O. The van der Waals surface area contributed by atoms with E-state index in [1.165, 1.54) is 0 Å². The van der Waals surface area contributed by atoms with Crippen molar-refractivity contribution in [3.05, 3.63) is 16.9 Å². The fourth-order valence-electron chi connectivity index (χ4n) is 1.46. The number of hydrogen-bond acceptors (Lipinski definition) is 4. The molecule has 0 aliphatic rings. The third-order valence-corrected chi connectivity index (χ3v) is 2.31. The minimum absolute atomic E-state index is 0.125. The Morgan fingerprint density at radius 3 is 2.82 bits per heavy atom. The fraction of sp³-hybridized carbons (Fsp3) is 0.545. The Bertz CT molecular complexity index is 377. The predicted molar refractivity (Wildman–Crippen MR) is 68.2 cm³/mol. The Balaban J connectivity index is 2.56. The first kappa shape index (κ1) is 13.9. The van der Waals surface area contributed by atoms with E-state index in [0.29, 0.717) is 11.6 Å². The maximum absolute atomic E-state index is 11.6. The smallest absolute Gasteiger partial charge is 0.231 e. The van der Waals surface area contributed by atoms with Gasteiger partial charge in [-0.3, -0.25) is 10.1 Å². The number of amides is 1. The number of aromatic nitrogens is 2.